The van der Waals surface area contributed by atoms with E-state index in [0.29, 0.717) is 11.3 Å². The van der Waals surface area contributed by atoms with E-state index in [1.807, 2.05) is 13.8 Å². The van der Waals surface area contributed by atoms with Gasteiger partial charge in [0.25, 0.3) is 0 Å². The highest BCUT2D eigenvalue weighted by Gasteiger charge is 2.11. The molecule has 1 rings (SSSR count). The van der Waals surface area contributed by atoms with Crippen molar-refractivity contribution in [3.8, 4) is 5.75 Å². The summed E-state index contributed by atoms with van der Waals surface area (Å²) >= 11 is 0. The molecule has 0 bridgehead atoms. The smallest absolute Gasteiger partial charge is 0.343 e. The van der Waals surface area contributed by atoms with E-state index in [4.69, 9.17) is 4.74 Å². The van der Waals surface area contributed by atoms with Gasteiger partial charge in [-0.2, -0.15) is 0 Å². The minimum atomic E-state index is -0.500. The van der Waals surface area contributed by atoms with Gasteiger partial charge in [0.15, 0.2) is 6.61 Å². The zero-order chi connectivity index (χ0) is 13.5. The fourth-order valence-electron chi connectivity index (χ4n) is 1.57. The van der Waals surface area contributed by atoms with Gasteiger partial charge in [-0.3, -0.25) is 0 Å². The lowest BCUT2D eigenvalue weighted by Crippen LogP contribution is -2.19. The molecule has 0 amide bonds. The van der Waals surface area contributed by atoms with Crippen LogP contribution in [0.1, 0.15) is 25.5 Å². The predicted molar refractivity (Wildman–Crippen MR) is 66.0 cm³/mol. The van der Waals surface area contributed by atoms with Crippen LogP contribution in [0.3, 0.4) is 0 Å². The normalized spacial score (nSPS) is 12.0. The number of methoxy groups -OCH3 is 1. The number of nitrogens with one attached hydrogen (secondary N) is 1. The first-order chi connectivity index (χ1) is 8.58. The number of halogens is 1. The van der Waals surface area contributed by atoms with Gasteiger partial charge in [0.1, 0.15) is 11.6 Å². The maximum absolute atomic E-state index is 13.8. The van der Waals surface area contributed by atoms with Crippen LogP contribution in [0.25, 0.3) is 0 Å². The Labute approximate surface area is 106 Å². The van der Waals surface area contributed by atoms with Crippen molar-refractivity contribution in [3.63, 3.8) is 0 Å². The van der Waals surface area contributed by atoms with Gasteiger partial charge in [-0.05, 0) is 19.5 Å². The van der Waals surface area contributed by atoms with Crippen LogP contribution < -0.4 is 10.1 Å². The Balaban J connectivity index is 2.70. The van der Waals surface area contributed by atoms with Crippen LogP contribution in [-0.4, -0.2) is 26.2 Å². The zero-order valence-corrected chi connectivity index (χ0v) is 10.8. The van der Waals surface area contributed by atoms with E-state index < -0.39 is 5.97 Å². The lowest BCUT2D eigenvalue weighted by molar-refractivity contribution is -0.142. The van der Waals surface area contributed by atoms with Gasteiger partial charge in [-0.15, -0.1) is 0 Å². The Hall–Kier alpha value is -1.62. The maximum Gasteiger partial charge on any atom is 0.343 e. The molecule has 0 aromatic heterocycles. The number of carbonyl (C=O) groups excluding carboxylic acids is 1. The molecule has 1 atom stereocenters. The molecule has 1 N–H and O–H groups in total. The molecular weight excluding hydrogens is 237 g/mol. The van der Waals surface area contributed by atoms with E-state index in [2.05, 4.69) is 10.1 Å². The molecule has 0 aliphatic rings. The van der Waals surface area contributed by atoms with Crippen LogP contribution in [0.2, 0.25) is 0 Å². The number of hydrogen-bond donors (Lipinski definition) is 1. The SMILES string of the molecule is CCNC(C)c1ccc(OCC(=O)OC)cc1F. The van der Waals surface area contributed by atoms with Crippen molar-refractivity contribution < 1.29 is 18.7 Å². The minimum Gasteiger partial charge on any atom is -0.482 e. The van der Waals surface area contributed by atoms with Gasteiger partial charge in [-0.25, -0.2) is 9.18 Å². The first kappa shape index (κ1) is 14.4. The molecule has 0 spiro atoms. The Morgan fingerprint density at radius 3 is 2.78 bits per heavy atom. The molecule has 0 aliphatic heterocycles. The van der Waals surface area contributed by atoms with E-state index in [9.17, 15) is 9.18 Å². The molecule has 1 aromatic rings. The standard InChI is InChI=1S/C13H18FNO3/c1-4-15-9(2)11-6-5-10(7-12(11)14)18-8-13(16)17-3/h5-7,9,15H,4,8H2,1-3H3. The Kier molecular flexibility index (Phi) is 5.58. The molecule has 0 aliphatic carbocycles. The van der Waals surface area contributed by atoms with Crippen molar-refractivity contribution in [1.82, 2.24) is 5.32 Å². The topological polar surface area (TPSA) is 47.6 Å². The van der Waals surface area contributed by atoms with Gasteiger partial charge in [0.05, 0.1) is 7.11 Å². The van der Waals surface area contributed by atoms with Crippen molar-refractivity contribution >= 4 is 5.97 Å². The lowest BCUT2D eigenvalue weighted by atomic mass is 10.1. The summed E-state index contributed by atoms with van der Waals surface area (Å²) in [5.74, 6) is -0.545. The summed E-state index contributed by atoms with van der Waals surface area (Å²) in [5, 5.41) is 3.13. The quantitative estimate of drug-likeness (QED) is 0.790. The fraction of sp³-hybridized carbons (Fsp3) is 0.462. The van der Waals surface area contributed by atoms with Crippen LogP contribution >= 0.6 is 0 Å². The Morgan fingerprint density at radius 2 is 2.22 bits per heavy atom. The molecule has 5 heteroatoms. The largest absolute Gasteiger partial charge is 0.482 e. The van der Waals surface area contributed by atoms with Crippen LogP contribution in [0, 0.1) is 5.82 Å². The molecule has 0 heterocycles. The third-order valence-electron chi connectivity index (χ3n) is 2.53. The summed E-state index contributed by atoms with van der Waals surface area (Å²) in [6, 6.07) is 4.49. The summed E-state index contributed by atoms with van der Waals surface area (Å²) in [4.78, 5) is 10.9. The van der Waals surface area contributed by atoms with Gasteiger partial charge >= 0.3 is 5.97 Å². The van der Waals surface area contributed by atoms with Crippen molar-refractivity contribution in [2.75, 3.05) is 20.3 Å². The summed E-state index contributed by atoms with van der Waals surface area (Å²) in [5.41, 5.74) is 0.572. The van der Waals surface area contributed by atoms with Gasteiger partial charge in [-0.1, -0.05) is 13.0 Å². The van der Waals surface area contributed by atoms with E-state index >= 15 is 0 Å². The van der Waals surface area contributed by atoms with E-state index in [1.165, 1.54) is 13.2 Å². The van der Waals surface area contributed by atoms with Crippen LogP contribution in [0.4, 0.5) is 4.39 Å². The molecule has 0 fully saturated rings. The highest BCUT2D eigenvalue weighted by atomic mass is 19.1. The van der Waals surface area contributed by atoms with Crippen LogP contribution in [0.5, 0.6) is 5.75 Å². The number of carbonyl (C=O) groups is 1. The minimum absolute atomic E-state index is 0.0651. The molecule has 0 saturated carbocycles. The monoisotopic (exact) mass is 255 g/mol. The van der Waals surface area contributed by atoms with Gasteiger partial charge in [0.2, 0.25) is 0 Å². The van der Waals surface area contributed by atoms with Crippen LogP contribution in [-0.2, 0) is 9.53 Å². The second kappa shape index (κ2) is 6.96. The third kappa shape index (κ3) is 4.00. The van der Waals surface area contributed by atoms with E-state index in [1.54, 1.807) is 12.1 Å². The number of esters is 1. The Bertz CT molecular complexity index is 409. The first-order valence-electron chi connectivity index (χ1n) is 5.81. The summed E-state index contributed by atoms with van der Waals surface area (Å²) in [6.45, 7) is 4.39. The number of ether oxygens (including phenoxy) is 2. The maximum atomic E-state index is 13.8. The molecule has 100 valence electrons. The van der Waals surface area contributed by atoms with Gasteiger partial charge < -0.3 is 14.8 Å². The summed E-state index contributed by atoms with van der Waals surface area (Å²) < 4.78 is 23.3. The average molecular weight is 255 g/mol. The van der Waals surface area contributed by atoms with Crippen molar-refractivity contribution in [2.24, 2.45) is 0 Å². The Morgan fingerprint density at radius 1 is 1.50 bits per heavy atom. The third-order valence-corrected chi connectivity index (χ3v) is 2.53. The predicted octanol–water partition coefficient (Wildman–Crippen LogP) is 2.05. The average Bonchev–Trinajstić information content (AvgIpc) is 2.36. The number of benzene rings is 1. The van der Waals surface area contributed by atoms with Crippen molar-refractivity contribution in [1.29, 1.82) is 0 Å². The molecule has 4 nitrogen and oxygen atoms in total. The van der Waals surface area contributed by atoms with E-state index in [-0.39, 0.29) is 18.5 Å². The highest BCUT2D eigenvalue weighted by Crippen LogP contribution is 2.21. The summed E-state index contributed by atoms with van der Waals surface area (Å²) in [7, 11) is 1.27. The molecular formula is C13H18FNO3. The molecule has 0 saturated heterocycles. The molecule has 1 aromatic carbocycles. The second-order valence-electron chi connectivity index (χ2n) is 3.83. The lowest BCUT2D eigenvalue weighted by Gasteiger charge is -2.14. The van der Waals surface area contributed by atoms with E-state index in [0.717, 1.165) is 6.54 Å². The fourth-order valence-corrected chi connectivity index (χ4v) is 1.57. The molecule has 0 radical (unpaired) electrons. The number of rotatable bonds is 6. The first-order valence-corrected chi connectivity index (χ1v) is 5.81. The summed E-state index contributed by atoms with van der Waals surface area (Å²) in [6.07, 6.45) is 0. The highest BCUT2D eigenvalue weighted by molar-refractivity contribution is 5.70. The second-order valence-corrected chi connectivity index (χ2v) is 3.83. The van der Waals surface area contributed by atoms with Crippen molar-refractivity contribution in [2.45, 2.75) is 19.9 Å². The number of hydrogen-bond acceptors (Lipinski definition) is 4. The molecule has 1 unspecified atom stereocenters. The van der Waals surface area contributed by atoms with Crippen molar-refractivity contribution in [3.05, 3.63) is 29.6 Å². The van der Waals surface area contributed by atoms with Gasteiger partial charge in [0, 0.05) is 17.7 Å². The van der Waals surface area contributed by atoms with Crippen LogP contribution in [0.15, 0.2) is 18.2 Å². The zero-order valence-electron chi connectivity index (χ0n) is 10.8. The molecule has 18 heavy (non-hydrogen) atoms.